The number of amides is 2. The second kappa shape index (κ2) is 24.1. The minimum absolute atomic E-state index is 0.190. The molecule has 242 valence electrons. The quantitative estimate of drug-likeness (QED) is 0.253. The molecule has 2 atom stereocenters. The summed E-state index contributed by atoms with van der Waals surface area (Å²) in [5, 5.41) is 13.7. The van der Waals surface area contributed by atoms with E-state index in [-0.39, 0.29) is 18.9 Å². The third kappa shape index (κ3) is 28.8. The van der Waals surface area contributed by atoms with Crippen LogP contribution in [0.15, 0.2) is 30.3 Å². The number of benzene rings is 1. The van der Waals surface area contributed by atoms with Crippen LogP contribution in [-0.2, 0) is 49.6 Å². The molecule has 0 aliphatic carbocycles. The van der Waals surface area contributed by atoms with Crippen LogP contribution in [0.25, 0.3) is 0 Å². The van der Waals surface area contributed by atoms with E-state index >= 15 is 0 Å². The Hall–Kier alpha value is -4.54. The number of carboxylic acids is 1. The molecule has 3 N–H and O–H groups in total. The highest BCUT2D eigenvalue weighted by Crippen LogP contribution is 2.10. The molecule has 1 aromatic rings. The molecule has 0 saturated heterocycles. The van der Waals surface area contributed by atoms with Crippen molar-refractivity contribution in [3.8, 4) is 0 Å². The Morgan fingerprint density at radius 3 is 1.47 bits per heavy atom. The number of carbonyl (C=O) groups is 4. The first-order chi connectivity index (χ1) is 19.9. The number of ether oxygens (including phenoxy) is 3. The third-order valence-corrected chi connectivity index (χ3v) is 4.34. The summed E-state index contributed by atoms with van der Waals surface area (Å²) in [6.07, 6.45) is 1.54. The molecule has 2 amide bonds. The van der Waals surface area contributed by atoms with Crippen molar-refractivity contribution >= 4 is 36.4 Å². The van der Waals surface area contributed by atoms with E-state index in [1.807, 2.05) is 44.2 Å². The van der Waals surface area contributed by atoms with Gasteiger partial charge >= 0.3 is 36.4 Å². The Morgan fingerprint density at radius 1 is 0.744 bits per heavy atom. The van der Waals surface area contributed by atoms with Crippen LogP contribution >= 0.6 is 0 Å². The van der Waals surface area contributed by atoms with E-state index in [0.29, 0.717) is 19.3 Å². The highest BCUT2D eigenvalue weighted by molar-refractivity contribution is 5.81. The van der Waals surface area contributed by atoms with E-state index in [1.165, 1.54) is 0 Å². The summed E-state index contributed by atoms with van der Waals surface area (Å²) in [6, 6.07) is 7.85. The van der Waals surface area contributed by atoms with Crippen molar-refractivity contribution in [2.45, 2.75) is 111 Å². The van der Waals surface area contributed by atoms with Crippen molar-refractivity contribution in [2.24, 2.45) is 0 Å². The van der Waals surface area contributed by atoms with Crippen LogP contribution in [0.4, 0.5) is 9.59 Å². The van der Waals surface area contributed by atoms with Crippen LogP contribution in [0.5, 0.6) is 0 Å². The zero-order valence-electron chi connectivity index (χ0n) is 26.0. The zero-order valence-corrected chi connectivity index (χ0v) is 26.0. The number of carbonyl (C=O) groups excluding carboxylic acids is 7. The summed E-state index contributed by atoms with van der Waals surface area (Å²) in [7, 11) is 0. The molecule has 43 heavy (non-hydrogen) atoms. The van der Waals surface area contributed by atoms with Gasteiger partial charge in [-0.25, -0.2) is 19.2 Å². The largest absolute Gasteiger partial charge is 0.480 e. The SMILES string of the molecule is CCC[C@H](NC(=O)OC(C)(C)C)C(=O)O.CCC[C@H](NC(=O)OC(C)(C)C)C(=O)OCc1ccccc1.O=C=O.O=C=O. The van der Waals surface area contributed by atoms with Crippen LogP contribution < -0.4 is 10.6 Å². The standard InChI is InChI=1S/C17H25NO4.C10H19NO4.2CO2/c1-5-9-14(18-16(20)22-17(2,3)4)15(19)21-12-13-10-7-6-8-11-13;1-5-6-7(8(12)13)11-9(14)15-10(2,3)4;2*2-1-3/h6-8,10-11,14H,5,9,12H2,1-4H3,(H,18,20);7H,5-6H2,1-4H3,(H,11,14)(H,12,13);;/t14-;7-;;/m00../s1. The highest BCUT2D eigenvalue weighted by atomic mass is 16.6. The minimum atomic E-state index is -1.04. The molecule has 0 heterocycles. The number of esters is 1. The summed E-state index contributed by atoms with van der Waals surface area (Å²) in [5.74, 6) is -1.49. The summed E-state index contributed by atoms with van der Waals surface area (Å²) >= 11 is 0. The van der Waals surface area contributed by atoms with Crippen LogP contribution in [0.3, 0.4) is 0 Å². The van der Waals surface area contributed by atoms with Crippen molar-refractivity contribution in [2.75, 3.05) is 0 Å². The van der Waals surface area contributed by atoms with Gasteiger partial charge in [-0.2, -0.15) is 19.2 Å². The predicted octanol–water partition coefficient (Wildman–Crippen LogP) is 4.02. The van der Waals surface area contributed by atoms with Gasteiger partial charge in [0.05, 0.1) is 0 Å². The smallest absolute Gasteiger partial charge is 0.408 e. The number of hydrogen-bond donors (Lipinski definition) is 3. The fraction of sp³-hybridized carbons (Fsp3) is 0.586. The molecule has 0 saturated carbocycles. The molecule has 0 radical (unpaired) electrons. The lowest BCUT2D eigenvalue weighted by Gasteiger charge is -2.22. The maximum absolute atomic E-state index is 12.1. The zero-order chi connectivity index (χ0) is 34.1. The Morgan fingerprint density at radius 2 is 1.12 bits per heavy atom. The second-order valence-corrected chi connectivity index (χ2v) is 10.6. The predicted molar refractivity (Wildman–Crippen MR) is 150 cm³/mol. The Kier molecular flexibility index (Phi) is 24.1. The van der Waals surface area contributed by atoms with Gasteiger partial charge in [-0.05, 0) is 59.9 Å². The Bertz CT molecular complexity index is 1010. The van der Waals surface area contributed by atoms with Gasteiger partial charge in [0, 0.05) is 0 Å². The molecule has 0 aliphatic heterocycles. The van der Waals surface area contributed by atoms with E-state index in [1.54, 1.807) is 41.5 Å². The Balaban J connectivity index is -0.000000659. The topological polar surface area (TPSA) is 209 Å². The first-order valence-corrected chi connectivity index (χ1v) is 13.3. The maximum atomic E-state index is 12.1. The Labute approximate surface area is 251 Å². The maximum Gasteiger partial charge on any atom is 0.408 e. The van der Waals surface area contributed by atoms with Crippen molar-refractivity contribution in [3.05, 3.63) is 35.9 Å². The van der Waals surface area contributed by atoms with Gasteiger partial charge in [0.15, 0.2) is 0 Å². The van der Waals surface area contributed by atoms with Crippen LogP contribution in [-0.4, -0.2) is 64.8 Å². The summed E-state index contributed by atoms with van der Waals surface area (Å²) in [6.45, 7) is 14.5. The molecule has 0 fully saturated rings. The van der Waals surface area contributed by atoms with Crippen LogP contribution in [0.2, 0.25) is 0 Å². The molecule has 0 spiro atoms. The average molecular weight is 613 g/mol. The van der Waals surface area contributed by atoms with Crippen molar-refractivity contribution in [1.82, 2.24) is 10.6 Å². The van der Waals surface area contributed by atoms with Gasteiger partial charge in [0.2, 0.25) is 0 Å². The lowest BCUT2D eigenvalue weighted by molar-refractivity contribution is -0.193. The molecule has 0 aliphatic rings. The van der Waals surface area contributed by atoms with Crippen LogP contribution in [0.1, 0.15) is 86.6 Å². The third-order valence-electron chi connectivity index (χ3n) is 4.34. The van der Waals surface area contributed by atoms with Crippen molar-refractivity contribution in [3.63, 3.8) is 0 Å². The first-order valence-electron chi connectivity index (χ1n) is 13.3. The fourth-order valence-corrected chi connectivity index (χ4v) is 2.81. The first kappa shape index (κ1) is 42.9. The van der Waals surface area contributed by atoms with E-state index in [9.17, 15) is 19.2 Å². The number of nitrogens with one attached hydrogen (secondary N) is 2. The van der Waals surface area contributed by atoms with Gasteiger partial charge in [-0.15, -0.1) is 0 Å². The lowest BCUT2D eigenvalue weighted by atomic mass is 10.1. The number of rotatable bonds is 10. The number of aliphatic carboxylic acids is 1. The molecule has 14 nitrogen and oxygen atoms in total. The van der Waals surface area contributed by atoms with Gasteiger partial charge in [0.1, 0.15) is 29.9 Å². The van der Waals surface area contributed by atoms with E-state index in [4.69, 9.17) is 38.5 Å². The van der Waals surface area contributed by atoms with Crippen molar-refractivity contribution < 1.29 is 57.7 Å². The van der Waals surface area contributed by atoms with E-state index < -0.39 is 47.4 Å². The molecule has 0 aromatic heterocycles. The average Bonchev–Trinajstić information content (AvgIpc) is 2.86. The van der Waals surface area contributed by atoms with Gasteiger partial charge in [-0.1, -0.05) is 57.0 Å². The summed E-state index contributed by atoms with van der Waals surface area (Å²) < 4.78 is 15.4. The van der Waals surface area contributed by atoms with E-state index in [0.717, 1.165) is 12.0 Å². The molecule has 0 bridgehead atoms. The molecule has 1 aromatic carbocycles. The number of carboxylic acid groups (broad SMARTS) is 1. The lowest BCUT2D eigenvalue weighted by Crippen LogP contribution is -2.44. The molecule has 1 rings (SSSR count). The fourth-order valence-electron chi connectivity index (χ4n) is 2.81. The second-order valence-electron chi connectivity index (χ2n) is 10.6. The van der Waals surface area contributed by atoms with Crippen LogP contribution in [0, 0.1) is 0 Å². The van der Waals surface area contributed by atoms with Gasteiger partial charge in [0.25, 0.3) is 0 Å². The monoisotopic (exact) mass is 612 g/mol. The minimum Gasteiger partial charge on any atom is -0.480 e. The normalized spacial score (nSPS) is 11.3. The number of alkyl carbamates (subject to hydrolysis) is 2. The number of hydrogen-bond acceptors (Lipinski definition) is 11. The summed E-state index contributed by atoms with van der Waals surface area (Å²) in [4.78, 5) is 78.4. The van der Waals surface area contributed by atoms with Gasteiger partial charge < -0.3 is 30.0 Å². The highest BCUT2D eigenvalue weighted by Gasteiger charge is 2.25. The molecular weight excluding hydrogens is 568 g/mol. The molecule has 14 heteroatoms. The summed E-state index contributed by atoms with van der Waals surface area (Å²) in [5.41, 5.74) is -0.308. The van der Waals surface area contributed by atoms with Gasteiger partial charge in [-0.3, -0.25) is 0 Å². The molecule has 0 unspecified atom stereocenters. The van der Waals surface area contributed by atoms with Crippen molar-refractivity contribution in [1.29, 1.82) is 0 Å². The van der Waals surface area contributed by atoms with E-state index in [2.05, 4.69) is 10.6 Å². The molecular formula is C29H44N2O12.